The summed E-state index contributed by atoms with van der Waals surface area (Å²) in [5.41, 5.74) is 6.54. The molecule has 0 saturated heterocycles. The highest BCUT2D eigenvalue weighted by Gasteiger charge is 2.19. The van der Waals surface area contributed by atoms with Crippen molar-refractivity contribution < 1.29 is 4.39 Å². The number of nitrogens with one attached hydrogen (secondary N) is 2. The van der Waals surface area contributed by atoms with E-state index >= 15 is 0 Å². The number of thiophene rings is 1. The molecule has 3 aromatic rings. The zero-order chi connectivity index (χ0) is 15.7. The number of fused-ring (bicyclic) bond motifs is 1. The molecular weight excluding hydrogens is 360 g/mol. The zero-order valence-electron chi connectivity index (χ0n) is 12.3. The summed E-state index contributed by atoms with van der Waals surface area (Å²) in [6.07, 6.45) is 0.393. The summed E-state index contributed by atoms with van der Waals surface area (Å²) < 4.78 is 14.6. The van der Waals surface area contributed by atoms with E-state index in [9.17, 15) is 4.39 Å². The lowest BCUT2D eigenvalue weighted by Gasteiger charge is -2.06. The van der Waals surface area contributed by atoms with Crippen LogP contribution in [-0.4, -0.2) is 21.0 Å². The summed E-state index contributed by atoms with van der Waals surface area (Å²) in [4.78, 5) is 12.2. The Labute approximate surface area is 147 Å². The van der Waals surface area contributed by atoms with Crippen molar-refractivity contribution in [2.24, 2.45) is 5.73 Å². The second-order valence-electron chi connectivity index (χ2n) is 5.10. The van der Waals surface area contributed by atoms with Crippen LogP contribution >= 0.6 is 35.3 Å². The lowest BCUT2D eigenvalue weighted by atomic mass is 10.2. The van der Waals surface area contributed by atoms with Crippen LogP contribution in [0.25, 0.3) is 11.0 Å². The third-order valence-electron chi connectivity index (χ3n) is 3.17. The molecule has 4 N–H and O–H groups in total. The minimum absolute atomic E-state index is 0. The number of nitrogens with two attached hydrogens (primary N) is 1. The molecule has 0 unspecified atom stereocenters. The second kappa shape index (κ2) is 7.44. The number of aromatic nitrogens is 3. The highest BCUT2D eigenvalue weighted by Crippen LogP contribution is 2.28. The lowest BCUT2D eigenvalue weighted by molar-refractivity contribution is 0.602. The number of H-pyrrole nitrogens is 1. The number of rotatable bonds is 5. The number of aromatic amines is 1. The minimum Gasteiger partial charge on any atom is -0.364 e. The maximum atomic E-state index is 14.6. The van der Waals surface area contributed by atoms with Crippen molar-refractivity contribution in [2.75, 3.05) is 5.32 Å². The van der Waals surface area contributed by atoms with Gasteiger partial charge in [-0.1, -0.05) is 6.07 Å². The Morgan fingerprint density at radius 1 is 1.48 bits per heavy atom. The van der Waals surface area contributed by atoms with Crippen molar-refractivity contribution in [1.82, 2.24) is 15.0 Å². The SMILES string of the molecule is C[C@H](N)Cc1[nH]c2nc(Cl)nc(NCc3cccs3)c2c1F.Cl. The Bertz CT molecular complexity index is 788. The van der Waals surface area contributed by atoms with Crippen molar-refractivity contribution in [1.29, 1.82) is 0 Å². The van der Waals surface area contributed by atoms with Gasteiger partial charge in [-0.05, 0) is 30.0 Å². The molecule has 0 amide bonds. The molecule has 0 fully saturated rings. The van der Waals surface area contributed by atoms with Gasteiger partial charge in [-0.2, -0.15) is 9.97 Å². The normalized spacial score (nSPS) is 12.2. The largest absolute Gasteiger partial charge is 0.364 e. The molecule has 0 spiro atoms. The Hall–Kier alpha value is -1.41. The van der Waals surface area contributed by atoms with Gasteiger partial charge in [0.15, 0.2) is 5.82 Å². The number of anilines is 1. The highest BCUT2D eigenvalue weighted by atomic mass is 35.5. The first kappa shape index (κ1) is 17.9. The summed E-state index contributed by atoms with van der Waals surface area (Å²) in [7, 11) is 0. The molecule has 0 radical (unpaired) electrons. The third kappa shape index (κ3) is 3.92. The van der Waals surface area contributed by atoms with Crippen LogP contribution in [-0.2, 0) is 13.0 Å². The first-order chi connectivity index (χ1) is 10.5. The van der Waals surface area contributed by atoms with Crippen LogP contribution < -0.4 is 11.1 Å². The van der Waals surface area contributed by atoms with E-state index in [1.165, 1.54) is 0 Å². The molecule has 3 heterocycles. The molecule has 3 rings (SSSR count). The quantitative estimate of drug-likeness (QED) is 0.593. The fourth-order valence-electron chi connectivity index (χ4n) is 2.26. The van der Waals surface area contributed by atoms with E-state index in [0.29, 0.717) is 35.5 Å². The predicted molar refractivity (Wildman–Crippen MR) is 95.1 cm³/mol. The number of hydrogen-bond donors (Lipinski definition) is 3. The standard InChI is InChI=1S/C14H15ClFN5S.ClH/c1-7(17)5-9-11(16)10-12(18-6-8-3-2-4-22-8)20-14(15)21-13(10)19-9;/h2-4,7H,5-6,17H2,1H3,(H2,18,19,20,21);1H/t7-;/m0./s1. The topological polar surface area (TPSA) is 79.6 Å². The summed E-state index contributed by atoms with van der Waals surface area (Å²) >= 11 is 7.54. The van der Waals surface area contributed by atoms with Crippen molar-refractivity contribution >= 4 is 52.2 Å². The summed E-state index contributed by atoms with van der Waals surface area (Å²) in [5, 5.41) is 5.49. The molecule has 0 aliphatic rings. The average molecular weight is 376 g/mol. The number of nitrogens with zero attached hydrogens (tertiary/aromatic N) is 2. The maximum absolute atomic E-state index is 14.6. The first-order valence-electron chi connectivity index (χ1n) is 6.80. The van der Waals surface area contributed by atoms with Crippen molar-refractivity contribution in [3.8, 4) is 0 Å². The maximum Gasteiger partial charge on any atom is 0.226 e. The summed E-state index contributed by atoms with van der Waals surface area (Å²) in [6.45, 7) is 2.37. The van der Waals surface area contributed by atoms with Gasteiger partial charge in [0.2, 0.25) is 5.28 Å². The summed E-state index contributed by atoms with van der Waals surface area (Å²) in [6, 6.07) is 3.79. The van der Waals surface area contributed by atoms with Crippen LogP contribution in [0.5, 0.6) is 0 Å². The fourth-order valence-corrected chi connectivity index (χ4v) is 3.07. The second-order valence-corrected chi connectivity index (χ2v) is 6.47. The molecule has 0 aromatic carbocycles. The molecule has 0 aliphatic heterocycles. The van der Waals surface area contributed by atoms with Crippen molar-refractivity contribution in [2.45, 2.75) is 25.9 Å². The highest BCUT2D eigenvalue weighted by molar-refractivity contribution is 7.09. The van der Waals surface area contributed by atoms with Gasteiger partial charge in [0, 0.05) is 17.3 Å². The van der Waals surface area contributed by atoms with E-state index in [1.54, 1.807) is 11.3 Å². The molecule has 23 heavy (non-hydrogen) atoms. The van der Waals surface area contributed by atoms with Crippen LogP contribution in [0.1, 0.15) is 17.5 Å². The molecule has 124 valence electrons. The van der Waals surface area contributed by atoms with E-state index in [2.05, 4.69) is 20.3 Å². The predicted octanol–water partition coefficient (Wildman–Crippen LogP) is 3.74. The molecular formula is C14H16Cl2FN5S. The van der Waals surface area contributed by atoms with Crippen LogP contribution in [0.15, 0.2) is 17.5 Å². The van der Waals surface area contributed by atoms with Crippen LogP contribution in [0.2, 0.25) is 5.28 Å². The molecule has 0 bridgehead atoms. The van der Waals surface area contributed by atoms with Gasteiger partial charge in [-0.15, -0.1) is 23.7 Å². The molecule has 9 heteroatoms. The van der Waals surface area contributed by atoms with E-state index < -0.39 is 0 Å². The van der Waals surface area contributed by atoms with Gasteiger partial charge in [-0.3, -0.25) is 0 Å². The van der Waals surface area contributed by atoms with Gasteiger partial charge < -0.3 is 16.0 Å². The fraction of sp³-hybridized carbons (Fsp3) is 0.286. The Kier molecular flexibility index (Phi) is 5.80. The van der Waals surface area contributed by atoms with Crippen molar-refractivity contribution in [3.63, 3.8) is 0 Å². The molecule has 5 nitrogen and oxygen atoms in total. The number of halogens is 3. The first-order valence-corrected chi connectivity index (χ1v) is 8.05. The van der Waals surface area contributed by atoms with Crippen molar-refractivity contribution in [3.05, 3.63) is 39.2 Å². The molecule has 3 aromatic heterocycles. The van der Waals surface area contributed by atoms with E-state index in [1.807, 2.05) is 24.4 Å². The minimum atomic E-state index is -0.377. The molecule has 1 atom stereocenters. The van der Waals surface area contributed by atoms with E-state index in [4.69, 9.17) is 17.3 Å². The van der Waals surface area contributed by atoms with Gasteiger partial charge in [0.05, 0.1) is 17.6 Å². The molecule has 0 aliphatic carbocycles. The Morgan fingerprint density at radius 2 is 2.26 bits per heavy atom. The van der Waals surface area contributed by atoms with Gasteiger partial charge in [0.25, 0.3) is 0 Å². The Balaban J connectivity index is 0.00000192. The monoisotopic (exact) mass is 375 g/mol. The van der Waals surface area contributed by atoms with Gasteiger partial charge in [0.1, 0.15) is 11.5 Å². The van der Waals surface area contributed by atoms with E-state index in [0.717, 1.165) is 4.88 Å². The van der Waals surface area contributed by atoms with Gasteiger partial charge >= 0.3 is 0 Å². The Morgan fingerprint density at radius 3 is 2.91 bits per heavy atom. The van der Waals surface area contributed by atoms with Crippen LogP contribution in [0.4, 0.5) is 10.2 Å². The lowest BCUT2D eigenvalue weighted by Crippen LogP contribution is -2.18. The molecule has 0 saturated carbocycles. The van der Waals surface area contributed by atoms with E-state index in [-0.39, 0.29) is 29.5 Å². The zero-order valence-corrected chi connectivity index (χ0v) is 14.7. The number of hydrogen-bond acceptors (Lipinski definition) is 5. The van der Waals surface area contributed by atoms with Gasteiger partial charge in [-0.25, -0.2) is 4.39 Å². The van der Waals surface area contributed by atoms with Crippen LogP contribution in [0, 0.1) is 5.82 Å². The average Bonchev–Trinajstić information content (AvgIpc) is 3.05. The summed E-state index contributed by atoms with van der Waals surface area (Å²) in [5.74, 6) is 0.00530. The van der Waals surface area contributed by atoms with Crippen LogP contribution in [0.3, 0.4) is 0 Å². The third-order valence-corrected chi connectivity index (χ3v) is 4.22. The smallest absolute Gasteiger partial charge is 0.226 e.